The van der Waals surface area contributed by atoms with Gasteiger partial charge in [0.1, 0.15) is 30.2 Å². The number of hydrogen-bond acceptors (Lipinski definition) is 9. The zero-order chi connectivity index (χ0) is 33.1. The van der Waals surface area contributed by atoms with Gasteiger partial charge in [0.05, 0.1) is 25.4 Å². The molecule has 1 heterocycles. The standard InChI is InChI=1S/C36H70O9/c1-29(38)27-31(40)24-22-20-18-16-14-12-10-8-6-4-2-3-5-7-9-11-13-15-17-19-21-23-30(39)25-26-44-36-35(43)34(42)33(41)32(28-37)45-36/h29-30,32-39,41-43H,2-28H2,1H3/t29-,30-,32-,33-,34+,35-,36+/m1/s1. The molecule has 268 valence electrons. The molecule has 9 nitrogen and oxygen atoms in total. The van der Waals surface area contributed by atoms with Crippen LogP contribution in [0.5, 0.6) is 0 Å². The molecule has 1 aliphatic rings. The van der Waals surface area contributed by atoms with Crippen molar-refractivity contribution >= 4 is 5.78 Å². The quantitative estimate of drug-likeness (QED) is 0.0507. The summed E-state index contributed by atoms with van der Waals surface area (Å²) in [6.45, 7) is 1.35. The number of ether oxygens (including phenoxy) is 2. The van der Waals surface area contributed by atoms with Crippen molar-refractivity contribution in [3.8, 4) is 0 Å². The molecule has 0 aromatic carbocycles. The highest BCUT2D eigenvalue weighted by molar-refractivity contribution is 5.78. The number of carbonyl (C=O) groups excluding carboxylic acids is 1. The van der Waals surface area contributed by atoms with Gasteiger partial charge in [-0.3, -0.25) is 4.79 Å². The topological polar surface area (TPSA) is 157 Å². The normalized spacial score (nSPS) is 23.3. The van der Waals surface area contributed by atoms with Crippen LogP contribution in [-0.4, -0.2) is 92.5 Å². The molecule has 7 atom stereocenters. The van der Waals surface area contributed by atoms with Crippen LogP contribution in [0.25, 0.3) is 0 Å². The van der Waals surface area contributed by atoms with Crippen molar-refractivity contribution in [2.75, 3.05) is 13.2 Å². The molecule has 1 rings (SSSR count). The number of carbonyl (C=O) groups is 1. The first-order valence-corrected chi connectivity index (χ1v) is 18.6. The van der Waals surface area contributed by atoms with Gasteiger partial charge >= 0.3 is 0 Å². The molecule has 0 aliphatic carbocycles. The Morgan fingerprint density at radius 1 is 0.622 bits per heavy atom. The first-order chi connectivity index (χ1) is 21.8. The van der Waals surface area contributed by atoms with E-state index >= 15 is 0 Å². The average Bonchev–Trinajstić information content (AvgIpc) is 3.01. The van der Waals surface area contributed by atoms with E-state index < -0.39 is 49.5 Å². The van der Waals surface area contributed by atoms with E-state index in [1.165, 1.54) is 109 Å². The van der Waals surface area contributed by atoms with Crippen LogP contribution >= 0.6 is 0 Å². The largest absolute Gasteiger partial charge is 0.394 e. The lowest BCUT2D eigenvalue weighted by atomic mass is 9.99. The first-order valence-electron chi connectivity index (χ1n) is 18.6. The van der Waals surface area contributed by atoms with Gasteiger partial charge in [-0.25, -0.2) is 0 Å². The summed E-state index contributed by atoms with van der Waals surface area (Å²) in [6.07, 6.45) is 21.4. The second-order valence-corrected chi connectivity index (χ2v) is 13.6. The third kappa shape index (κ3) is 22.5. The molecule has 0 unspecified atom stereocenters. The summed E-state index contributed by atoms with van der Waals surface area (Å²) in [7, 11) is 0. The molecule has 0 bridgehead atoms. The number of aliphatic hydroxyl groups is 6. The van der Waals surface area contributed by atoms with Crippen LogP contribution in [0.1, 0.15) is 167 Å². The van der Waals surface area contributed by atoms with E-state index in [4.69, 9.17) is 9.47 Å². The second kappa shape index (κ2) is 28.4. The van der Waals surface area contributed by atoms with E-state index in [0.29, 0.717) is 25.7 Å². The van der Waals surface area contributed by atoms with Crippen LogP contribution in [0.15, 0.2) is 0 Å². The Morgan fingerprint density at radius 2 is 1.04 bits per heavy atom. The summed E-state index contributed by atoms with van der Waals surface area (Å²) in [5.74, 6) is 0.197. The zero-order valence-electron chi connectivity index (χ0n) is 28.5. The fraction of sp³-hybridized carbons (Fsp3) is 0.972. The molecule has 6 N–H and O–H groups in total. The number of hydrogen-bond donors (Lipinski definition) is 6. The fourth-order valence-electron chi connectivity index (χ4n) is 6.16. The average molecular weight is 647 g/mol. The number of Topliss-reactive ketones (excluding diaryl/α,β-unsaturated/α-hetero) is 1. The molecule has 1 aliphatic heterocycles. The minimum Gasteiger partial charge on any atom is -0.394 e. The number of unbranched alkanes of at least 4 members (excludes halogenated alkanes) is 20. The predicted molar refractivity (Wildman–Crippen MR) is 178 cm³/mol. The molecule has 0 amide bonds. The van der Waals surface area contributed by atoms with E-state index in [0.717, 1.165) is 25.7 Å². The third-order valence-electron chi connectivity index (χ3n) is 9.10. The Morgan fingerprint density at radius 3 is 1.47 bits per heavy atom. The maximum Gasteiger partial charge on any atom is 0.186 e. The monoisotopic (exact) mass is 647 g/mol. The van der Waals surface area contributed by atoms with Gasteiger partial charge in [0, 0.05) is 12.8 Å². The fourth-order valence-corrected chi connectivity index (χ4v) is 6.16. The number of ketones is 1. The summed E-state index contributed by atoms with van der Waals surface area (Å²) >= 11 is 0. The lowest BCUT2D eigenvalue weighted by Gasteiger charge is -2.39. The van der Waals surface area contributed by atoms with Crippen molar-refractivity contribution in [2.24, 2.45) is 0 Å². The molecule has 1 saturated heterocycles. The molecular weight excluding hydrogens is 576 g/mol. The SMILES string of the molecule is C[C@@H](O)CC(=O)CCCCCCCCCCCCCCCCCCCCCCC[C@@H](O)CCO[C@H]1O[C@H](CO)[C@@H](O)[C@H](O)[C@H]1O. The Labute approximate surface area is 274 Å². The summed E-state index contributed by atoms with van der Waals surface area (Å²) < 4.78 is 10.8. The van der Waals surface area contributed by atoms with Gasteiger partial charge < -0.3 is 40.1 Å². The Hall–Kier alpha value is -0.650. The minimum atomic E-state index is -1.45. The maximum absolute atomic E-state index is 11.6. The summed E-state index contributed by atoms with van der Waals surface area (Å²) in [6, 6.07) is 0. The van der Waals surface area contributed by atoms with Gasteiger partial charge in [-0.2, -0.15) is 0 Å². The van der Waals surface area contributed by atoms with Crippen molar-refractivity contribution in [1.29, 1.82) is 0 Å². The molecule has 0 saturated carbocycles. The van der Waals surface area contributed by atoms with Gasteiger partial charge in [0.15, 0.2) is 6.29 Å². The van der Waals surface area contributed by atoms with Gasteiger partial charge in [0.25, 0.3) is 0 Å². The van der Waals surface area contributed by atoms with Gasteiger partial charge in [0.2, 0.25) is 0 Å². The summed E-state index contributed by atoms with van der Waals surface area (Å²) in [5.41, 5.74) is 0. The lowest BCUT2D eigenvalue weighted by Crippen LogP contribution is -2.59. The van der Waals surface area contributed by atoms with Crippen LogP contribution in [0.4, 0.5) is 0 Å². The molecule has 1 fully saturated rings. The van der Waals surface area contributed by atoms with Crippen molar-refractivity contribution in [1.82, 2.24) is 0 Å². The van der Waals surface area contributed by atoms with Crippen molar-refractivity contribution < 1.29 is 44.9 Å². The summed E-state index contributed by atoms with van der Waals surface area (Å²) in [5, 5.41) is 58.3. The molecule has 0 spiro atoms. The highest BCUT2D eigenvalue weighted by atomic mass is 16.7. The van der Waals surface area contributed by atoms with Crippen LogP contribution < -0.4 is 0 Å². The molecule has 0 aromatic heterocycles. The summed E-state index contributed by atoms with van der Waals surface area (Å²) in [4.78, 5) is 11.6. The van der Waals surface area contributed by atoms with Crippen molar-refractivity contribution in [3.05, 3.63) is 0 Å². The number of aliphatic hydroxyl groups excluding tert-OH is 6. The van der Waals surface area contributed by atoms with Gasteiger partial charge in [-0.05, 0) is 26.2 Å². The van der Waals surface area contributed by atoms with Gasteiger partial charge in [-0.1, -0.05) is 128 Å². The van der Waals surface area contributed by atoms with Crippen LogP contribution in [0, 0.1) is 0 Å². The van der Waals surface area contributed by atoms with E-state index in [-0.39, 0.29) is 12.4 Å². The van der Waals surface area contributed by atoms with Crippen LogP contribution in [0.2, 0.25) is 0 Å². The third-order valence-corrected chi connectivity index (χ3v) is 9.10. The molecular formula is C36H70O9. The van der Waals surface area contributed by atoms with E-state index in [1.807, 2.05) is 0 Å². The molecule has 0 radical (unpaired) electrons. The second-order valence-electron chi connectivity index (χ2n) is 13.6. The molecule has 45 heavy (non-hydrogen) atoms. The van der Waals surface area contributed by atoms with Crippen molar-refractivity contribution in [3.63, 3.8) is 0 Å². The number of rotatable bonds is 31. The maximum atomic E-state index is 11.6. The van der Waals surface area contributed by atoms with E-state index in [1.54, 1.807) is 6.92 Å². The molecule has 9 heteroatoms. The lowest BCUT2D eigenvalue weighted by molar-refractivity contribution is -0.301. The van der Waals surface area contributed by atoms with E-state index in [2.05, 4.69) is 0 Å². The first kappa shape index (κ1) is 42.4. The Balaban J connectivity index is 1.77. The Bertz CT molecular complexity index is 675. The predicted octanol–water partition coefficient (Wildman–Crippen LogP) is 5.87. The van der Waals surface area contributed by atoms with Crippen molar-refractivity contribution in [2.45, 2.75) is 210 Å². The Kier molecular flexibility index (Phi) is 26.7. The van der Waals surface area contributed by atoms with Gasteiger partial charge in [-0.15, -0.1) is 0 Å². The molecule has 0 aromatic rings. The van der Waals surface area contributed by atoms with Crippen LogP contribution in [0.3, 0.4) is 0 Å². The smallest absolute Gasteiger partial charge is 0.186 e. The minimum absolute atomic E-state index is 0.158. The van der Waals surface area contributed by atoms with Crippen LogP contribution in [-0.2, 0) is 14.3 Å². The van der Waals surface area contributed by atoms with E-state index in [9.17, 15) is 35.4 Å². The zero-order valence-corrected chi connectivity index (χ0v) is 28.5. The highest BCUT2D eigenvalue weighted by Crippen LogP contribution is 2.22. The highest BCUT2D eigenvalue weighted by Gasteiger charge is 2.43.